The number of hydrogen-bond donors (Lipinski definition) is 2. The van der Waals surface area contributed by atoms with E-state index >= 15 is 0 Å². The number of aryl methyl sites for hydroxylation is 1. The molecule has 0 aromatic heterocycles. The van der Waals surface area contributed by atoms with Gasteiger partial charge in [0.2, 0.25) is 0 Å². The van der Waals surface area contributed by atoms with Gasteiger partial charge < -0.3 is 15.6 Å². The zero-order valence-corrected chi connectivity index (χ0v) is 11.4. The highest BCUT2D eigenvalue weighted by Crippen LogP contribution is 2.31. The predicted octanol–water partition coefficient (Wildman–Crippen LogP) is 3.31. The molecule has 20 heavy (non-hydrogen) atoms. The van der Waals surface area contributed by atoms with E-state index in [4.69, 9.17) is 10.5 Å². The Balaban J connectivity index is 1.72. The van der Waals surface area contributed by atoms with E-state index in [1.54, 1.807) is 12.1 Å². The molecule has 2 aromatic carbocycles. The molecule has 0 unspecified atom stereocenters. The Morgan fingerprint density at radius 1 is 1.15 bits per heavy atom. The summed E-state index contributed by atoms with van der Waals surface area (Å²) < 4.78 is 5.81. The van der Waals surface area contributed by atoms with Crippen LogP contribution in [0.15, 0.2) is 42.5 Å². The summed E-state index contributed by atoms with van der Waals surface area (Å²) in [6.07, 6.45) is 3.33. The maximum Gasteiger partial charge on any atom is 0.120 e. The van der Waals surface area contributed by atoms with E-state index in [0.29, 0.717) is 6.61 Å². The summed E-state index contributed by atoms with van der Waals surface area (Å²) in [6.45, 7) is 0.494. The Hall–Kier alpha value is -2.00. The number of phenolic OH excluding ortho intramolecular Hbond substituents is 1. The standard InChI is InChI=1S/C17H19NO2/c18-17-3-1-2-13-6-9-15(10-16(13)17)20-11-12-4-7-14(19)8-5-12/h4-10,17,19H,1-3,11,18H2/t17-/m0/s1. The lowest BCUT2D eigenvalue weighted by Gasteiger charge is -2.22. The third-order valence-corrected chi connectivity index (χ3v) is 3.82. The zero-order valence-electron chi connectivity index (χ0n) is 11.4. The van der Waals surface area contributed by atoms with Gasteiger partial charge in [0, 0.05) is 6.04 Å². The molecule has 0 spiro atoms. The smallest absolute Gasteiger partial charge is 0.120 e. The minimum Gasteiger partial charge on any atom is -0.508 e. The summed E-state index contributed by atoms with van der Waals surface area (Å²) in [5, 5.41) is 9.25. The molecule has 0 radical (unpaired) electrons. The molecule has 1 aliphatic carbocycles. The van der Waals surface area contributed by atoms with Crippen LogP contribution in [0.5, 0.6) is 11.5 Å². The minimum absolute atomic E-state index is 0.135. The molecule has 0 bridgehead atoms. The highest BCUT2D eigenvalue weighted by Gasteiger charge is 2.17. The molecule has 0 saturated carbocycles. The van der Waals surface area contributed by atoms with Crippen molar-refractivity contribution < 1.29 is 9.84 Å². The van der Waals surface area contributed by atoms with Gasteiger partial charge >= 0.3 is 0 Å². The number of rotatable bonds is 3. The van der Waals surface area contributed by atoms with Gasteiger partial charge in [-0.3, -0.25) is 0 Å². The maximum atomic E-state index is 9.25. The van der Waals surface area contributed by atoms with Crippen LogP contribution < -0.4 is 10.5 Å². The molecule has 0 amide bonds. The lowest BCUT2D eigenvalue weighted by atomic mass is 9.88. The molecule has 104 valence electrons. The molecule has 3 rings (SSSR count). The van der Waals surface area contributed by atoms with Gasteiger partial charge in [0.1, 0.15) is 18.1 Å². The van der Waals surface area contributed by atoms with E-state index < -0.39 is 0 Å². The second-order valence-electron chi connectivity index (χ2n) is 5.31. The quantitative estimate of drug-likeness (QED) is 0.898. The summed E-state index contributed by atoms with van der Waals surface area (Å²) in [6, 6.07) is 13.4. The van der Waals surface area contributed by atoms with Crippen molar-refractivity contribution in [2.75, 3.05) is 0 Å². The SMILES string of the molecule is N[C@H]1CCCc2ccc(OCc3ccc(O)cc3)cc21. The molecule has 0 heterocycles. The maximum absolute atomic E-state index is 9.25. The van der Waals surface area contributed by atoms with Crippen molar-refractivity contribution in [3.63, 3.8) is 0 Å². The highest BCUT2D eigenvalue weighted by atomic mass is 16.5. The fourth-order valence-electron chi connectivity index (χ4n) is 2.66. The molecule has 0 fully saturated rings. The molecule has 0 saturated heterocycles. The third-order valence-electron chi connectivity index (χ3n) is 3.82. The molecule has 3 N–H and O–H groups in total. The van der Waals surface area contributed by atoms with Gasteiger partial charge in [0.05, 0.1) is 0 Å². The number of phenols is 1. The van der Waals surface area contributed by atoms with Crippen molar-refractivity contribution in [3.05, 3.63) is 59.2 Å². The molecule has 3 nitrogen and oxygen atoms in total. The fourth-order valence-corrected chi connectivity index (χ4v) is 2.66. The van der Waals surface area contributed by atoms with Crippen LogP contribution >= 0.6 is 0 Å². The first-order valence-corrected chi connectivity index (χ1v) is 7.01. The van der Waals surface area contributed by atoms with Gasteiger partial charge in [-0.1, -0.05) is 18.2 Å². The molecular formula is C17H19NO2. The van der Waals surface area contributed by atoms with E-state index in [9.17, 15) is 5.11 Å². The van der Waals surface area contributed by atoms with E-state index in [1.807, 2.05) is 18.2 Å². The minimum atomic E-state index is 0.135. The van der Waals surface area contributed by atoms with Crippen molar-refractivity contribution in [2.24, 2.45) is 5.73 Å². The van der Waals surface area contributed by atoms with Gasteiger partial charge in [-0.2, -0.15) is 0 Å². The molecule has 1 aliphatic rings. The second kappa shape index (κ2) is 5.55. The Bertz CT molecular complexity index is 592. The van der Waals surface area contributed by atoms with Crippen molar-refractivity contribution >= 4 is 0 Å². The van der Waals surface area contributed by atoms with Crippen molar-refractivity contribution in [1.29, 1.82) is 0 Å². The zero-order chi connectivity index (χ0) is 13.9. The normalized spacial score (nSPS) is 17.6. The Kier molecular flexibility index (Phi) is 3.61. The molecular weight excluding hydrogens is 250 g/mol. The summed E-state index contributed by atoms with van der Waals surface area (Å²) in [7, 11) is 0. The topological polar surface area (TPSA) is 55.5 Å². The third kappa shape index (κ3) is 2.78. The van der Waals surface area contributed by atoms with Crippen LogP contribution in [0.25, 0.3) is 0 Å². The monoisotopic (exact) mass is 269 g/mol. The van der Waals surface area contributed by atoms with Crippen LogP contribution in [0.4, 0.5) is 0 Å². The van der Waals surface area contributed by atoms with E-state index in [1.165, 1.54) is 17.5 Å². The number of aromatic hydroxyl groups is 1. The fraction of sp³-hybridized carbons (Fsp3) is 0.294. The molecule has 2 aromatic rings. The number of hydrogen-bond acceptors (Lipinski definition) is 3. The predicted molar refractivity (Wildman–Crippen MR) is 78.7 cm³/mol. The average Bonchev–Trinajstić information content (AvgIpc) is 2.47. The van der Waals surface area contributed by atoms with Gasteiger partial charge in [0.15, 0.2) is 0 Å². The van der Waals surface area contributed by atoms with Crippen molar-refractivity contribution in [1.82, 2.24) is 0 Å². The van der Waals surface area contributed by atoms with Crippen LogP contribution in [0.3, 0.4) is 0 Å². The highest BCUT2D eigenvalue weighted by molar-refractivity contribution is 5.39. The lowest BCUT2D eigenvalue weighted by molar-refractivity contribution is 0.305. The van der Waals surface area contributed by atoms with Gasteiger partial charge in [-0.15, -0.1) is 0 Å². The number of benzene rings is 2. The van der Waals surface area contributed by atoms with E-state index in [2.05, 4.69) is 12.1 Å². The first kappa shape index (κ1) is 13.0. The summed E-state index contributed by atoms with van der Waals surface area (Å²) in [5.74, 6) is 1.13. The summed E-state index contributed by atoms with van der Waals surface area (Å²) in [5.41, 5.74) is 9.76. The average molecular weight is 269 g/mol. The Morgan fingerprint density at radius 3 is 2.75 bits per heavy atom. The summed E-state index contributed by atoms with van der Waals surface area (Å²) in [4.78, 5) is 0. The van der Waals surface area contributed by atoms with Gasteiger partial charge in [-0.25, -0.2) is 0 Å². The van der Waals surface area contributed by atoms with Crippen LogP contribution in [0.2, 0.25) is 0 Å². The van der Waals surface area contributed by atoms with Crippen LogP contribution in [0, 0.1) is 0 Å². The Morgan fingerprint density at radius 2 is 1.95 bits per heavy atom. The second-order valence-corrected chi connectivity index (χ2v) is 5.31. The Labute approximate surface area is 119 Å². The lowest BCUT2D eigenvalue weighted by Crippen LogP contribution is -2.17. The van der Waals surface area contributed by atoms with Crippen LogP contribution in [-0.2, 0) is 13.0 Å². The number of nitrogens with two attached hydrogens (primary N) is 1. The van der Waals surface area contributed by atoms with Crippen molar-refractivity contribution in [3.8, 4) is 11.5 Å². The first-order chi connectivity index (χ1) is 9.72. The van der Waals surface area contributed by atoms with E-state index in [0.717, 1.165) is 24.2 Å². The van der Waals surface area contributed by atoms with E-state index in [-0.39, 0.29) is 11.8 Å². The molecule has 3 heteroatoms. The van der Waals surface area contributed by atoms with Crippen molar-refractivity contribution in [2.45, 2.75) is 31.9 Å². The van der Waals surface area contributed by atoms with Gasteiger partial charge in [0.25, 0.3) is 0 Å². The molecule has 0 aliphatic heterocycles. The largest absolute Gasteiger partial charge is 0.508 e. The number of fused-ring (bicyclic) bond motifs is 1. The molecule has 1 atom stereocenters. The van der Waals surface area contributed by atoms with Gasteiger partial charge in [-0.05, 0) is 60.2 Å². The first-order valence-electron chi connectivity index (χ1n) is 7.01. The summed E-state index contributed by atoms with van der Waals surface area (Å²) >= 11 is 0. The van der Waals surface area contributed by atoms with Crippen LogP contribution in [0.1, 0.15) is 35.6 Å². The van der Waals surface area contributed by atoms with Crippen LogP contribution in [-0.4, -0.2) is 5.11 Å². The number of ether oxygens (including phenoxy) is 1.